The van der Waals surface area contributed by atoms with Gasteiger partial charge < -0.3 is 5.32 Å². The van der Waals surface area contributed by atoms with Gasteiger partial charge in [0, 0.05) is 11.3 Å². The van der Waals surface area contributed by atoms with Crippen molar-refractivity contribution >= 4 is 11.3 Å². The van der Waals surface area contributed by atoms with Crippen LogP contribution in [0.4, 0.5) is 5.69 Å². The summed E-state index contributed by atoms with van der Waals surface area (Å²) in [7, 11) is 0. The predicted molar refractivity (Wildman–Crippen MR) is 62.4 cm³/mol. The Hall–Kier alpha value is -1.24. The molecule has 14 heavy (non-hydrogen) atoms. The number of para-hydroxylation sites is 1. The Morgan fingerprint density at radius 1 is 1.07 bits per heavy atom. The molecule has 1 aliphatic heterocycles. The fourth-order valence-electron chi connectivity index (χ4n) is 2.02. The van der Waals surface area contributed by atoms with Crippen molar-refractivity contribution in [3.63, 3.8) is 0 Å². The molecular weight excluding hydrogens is 170 g/mol. The molecule has 0 spiro atoms. The van der Waals surface area contributed by atoms with Crippen LogP contribution in [0.25, 0.3) is 5.57 Å². The molecule has 1 N–H and O–H groups in total. The van der Waals surface area contributed by atoms with E-state index in [1.165, 1.54) is 22.4 Å². The summed E-state index contributed by atoms with van der Waals surface area (Å²) in [6.45, 7) is 8.86. The Morgan fingerprint density at radius 2 is 1.71 bits per heavy atom. The first kappa shape index (κ1) is 9.32. The molecule has 0 aliphatic carbocycles. The summed E-state index contributed by atoms with van der Waals surface area (Å²) in [4.78, 5) is 0. The minimum Gasteiger partial charge on any atom is -0.376 e. The molecule has 1 heteroatoms. The monoisotopic (exact) mass is 187 g/mol. The van der Waals surface area contributed by atoms with Gasteiger partial charge in [-0.15, -0.1) is 0 Å². The maximum absolute atomic E-state index is 3.56. The Bertz CT molecular complexity index is 399. The zero-order chi connectivity index (χ0) is 10.3. The molecule has 0 atom stereocenters. The van der Waals surface area contributed by atoms with E-state index in [-0.39, 0.29) is 5.54 Å². The van der Waals surface area contributed by atoms with Gasteiger partial charge in [-0.25, -0.2) is 0 Å². The number of hydrogen-bond donors (Lipinski definition) is 1. The molecule has 0 radical (unpaired) electrons. The van der Waals surface area contributed by atoms with Gasteiger partial charge in [0.25, 0.3) is 0 Å². The highest BCUT2D eigenvalue weighted by Gasteiger charge is 2.27. The molecule has 0 bridgehead atoms. The van der Waals surface area contributed by atoms with Crippen molar-refractivity contribution in [1.29, 1.82) is 0 Å². The van der Waals surface area contributed by atoms with E-state index in [1.54, 1.807) is 0 Å². The van der Waals surface area contributed by atoms with E-state index in [4.69, 9.17) is 0 Å². The Morgan fingerprint density at radius 3 is 2.43 bits per heavy atom. The Labute approximate surface area is 85.8 Å². The lowest BCUT2D eigenvalue weighted by atomic mass is 9.84. The standard InChI is InChI=1S/C13H17N/c1-9-10(2)13(3,4)14-12-8-6-5-7-11(9)12/h5-8,14H,1-4H3. The third-order valence-corrected chi connectivity index (χ3v) is 3.28. The lowest BCUT2D eigenvalue weighted by Gasteiger charge is -2.36. The highest BCUT2D eigenvalue weighted by atomic mass is 15.0. The van der Waals surface area contributed by atoms with Crippen LogP contribution in [0.1, 0.15) is 33.3 Å². The number of hydrogen-bond acceptors (Lipinski definition) is 1. The summed E-state index contributed by atoms with van der Waals surface area (Å²) in [6, 6.07) is 8.49. The fraction of sp³-hybridized carbons (Fsp3) is 0.385. The van der Waals surface area contributed by atoms with Crippen LogP contribution < -0.4 is 5.32 Å². The van der Waals surface area contributed by atoms with E-state index in [1.807, 2.05) is 0 Å². The summed E-state index contributed by atoms with van der Waals surface area (Å²) in [5.41, 5.74) is 5.50. The maximum Gasteiger partial charge on any atom is 0.0532 e. The van der Waals surface area contributed by atoms with E-state index in [0.717, 1.165) is 0 Å². The maximum atomic E-state index is 3.56. The van der Waals surface area contributed by atoms with Gasteiger partial charge in [-0.05, 0) is 44.9 Å². The summed E-state index contributed by atoms with van der Waals surface area (Å²) in [5.74, 6) is 0. The van der Waals surface area contributed by atoms with Crippen LogP contribution in [0, 0.1) is 0 Å². The largest absolute Gasteiger partial charge is 0.376 e. The first-order valence-electron chi connectivity index (χ1n) is 5.08. The molecule has 0 aromatic heterocycles. The second kappa shape index (κ2) is 2.88. The summed E-state index contributed by atoms with van der Waals surface area (Å²) in [5, 5.41) is 3.56. The number of nitrogens with one attached hydrogen (secondary N) is 1. The normalized spacial score (nSPS) is 18.9. The van der Waals surface area contributed by atoms with Gasteiger partial charge >= 0.3 is 0 Å². The van der Waals surface area contributed by atoms with Gasteiger partial charge in [0.15, 0.2) is 0 Å². The van der Waals surface area contributed by atoms with Gasteiger partial charge in [0.1, 0.15) is 0 Å². The number of fused-ring (bicyclic) bond motifs is 1. The van der Waals surface area contributed by atoms with Crippen molar-refractivity contribution in [2.45, 2.75) is 33.2 Å². The van der Waals surface area contributed by atoms with E-state index < -0.39 is 0 Å². The second-order valence-corrected chi connectivity index (χ2v) is 4.55. The summed E-state index contributed by atoms with van der Waals surface area (Å²) < 4.78 is 0. The highest BCUT2D eigenvalue weighted by Crippen LogP contribution is 2.37. The molecule has 1 aromatic carbocycles. The van der Waals surface area contributed by atoms with Crippen molar-refractivity contribution in [3.05, 3.63) is 35.4 Å². The van der Waals surface area contributed by atoms with Crippen LogP contribution in [0.15, 0.2) is 29.8 Å². The number of rotatable bonds is 0. The molecule has 0 unspecified atom stereocenters. The highest BCUT2D eigenvalue weighted by molar-refractivity contribution is 5.82. The molecule has 0 amide bonds. The molecule has 0 fully saturated rings. The third kappa shape index (κ3) is 1.24. The van der Waals surface area contributed by atoms with Crippen molar-refractivity contribution < 1.29 is 0 Å². The molecular formula is C13H17N. The molecule has 2 rings (SSSR count). The molecule has 1 aromatic rings. The molecule has 74 valence electrons. The van der Waals surface area contributed by atoms with Crippen molar-refractivity contribution in [1.82, 2.24) is 0 Å². The lowest BCUT2D eigenvalue weighted by Crippen LogP contribution is -2.35. The zero-order valence-electron chi connectivity index (χ0n) is 9.31. The van der Waals surface area contributed by atoms with Gasteiger partial charge in [-0.1, -0.05) is 18.2 Å². The van der Waals surface area contributed by atoms with E-state index in [2.05, 4.69) is 57.3 Å². The number of benzene rings is 1. The van der Waals surface area contributed by atoms with Crippen LogP contribution in [0.3, 0.4) is 0 Å². The van der Waals surface area contributed by atoms with Crippen LogP contribution in [-0.2, 0) is 0 Å². The molecule has 0 saturated heterocycles. The van der Waals surface area contributed by atoms with Crippen LogP contribution in [-0.4, -0.2) is 5.54 Å². The average molecular weight is 187 g/mol. The summed E-state index contributed by atoms with van der Waals surface area (Å²) in [6.07, 6.45) is 0. The molecule has 1 nitrogen and oxygen atoms in total. The average Bonchev–Trinajstić information content (AvgIpc) is 2.14. The topological polar surface area (TPSA) is 12.0 Å². The smallest absolute Gasteiger partial charge is 0.0532 e. The summed E-state index contributed by atoms with van der Waals surface area (Å²) >= 11 is 0. The minimum absolute atomic E-state index is 0.0818. The van der Waals surface area contributed by atoms with Crippen molar-refractivity contribution in [2.75, 3.05) is 5.32 Å². The van der Waals surface area contributed by atoms with Crippen LogP contribution in [0.5, 0.6) is 0 Å². The number of anilines is 1. The molecule has 1 aliphatic rings. The predicted octanol–water partition coefficient (Wildman–Crippen LogP) is 3.68. The minimum atomic E-state index is 0.0818. The van der Waals surface area contributed by atoms with E-state index in [0.29, 0.717) is 0 Å². The third-order valence-electron chi connectivity index (χ3n) is 3.28. The van der Waals surface area contributed by atoms with Crippen molar-refractivity contribution in [2.24, 2.45) is 0 Å². The fourth-order valence-corrected chi connectivity index (χ4v) is 2.02. The lowest BCUT2D eigenvalue weighted by molar-refractivity contribution is 0.660. The van der Waals surface area contributed by atoms with Gasteiger partial charge in [-0.3, -0.25) is 0 Å². The first-order chi connectivity index (χ1) is 6.52. The van der Waals surface area contributed by atoms with Gasteiger partial charge in [-0.2, -0.15) is 0 Å². The molecule has 1 heterocycles. The van der Waals surface area contributed by atoms with Crippen molar-refractivity contribution in [3.8, 4) is 0 Å². The quantitative estimate of drug-likeness (QED) is 0.653. The van der Waals surface area contributed by atoms with E-state index >= 15 is 0 Å². The van der Waals surface area contributed by atoms with Gasteiger partial charge in [0.05, 0.1) is 5.54 Å². The van der Waals surface area contributed by atoms with Crippen LogP contribution in [0.2, 0.25) is 0 Å². The second-order valence-electron chi connectivity index (χ2n) is 4.55. The SMILES string of the molecule is CC1=C(C)C(C)(C)Nc2ccccc21. The zero-order valence-corrected chi connectivity index (χ0v) is 9.31. The Kier molecular flexibility index (Phi) is 1.91. The van der Waals surface area contributed by atoms with Gasteiger partial charge in [0.2, 0.25) is 0 Å². The first-order valence-corrected chi connectivity index (χ1v) is 5.08. The van der Waals surface area contributed by atoms with Crippen LogP contribution >= 0.6 is 0 Å². The number of allylic oxidation sites excluding steroid dienone is 1. The van der Waals surface area contributed by atoms with E-state index in [9.17, 15) is 0 Å². The molecule has 0 saturated carbocycles. The Balaban J connectivity index is 2.64.